The van der Waals surface area contributed by atoms with Crippen LogP contribution in [-0.2, 0) is 22.4 Å². The van der Waals surface area contributed by atoms with E-state index in [1.165, 1.54) is 6.07 Å². The summed E-state index contributed by atoms with van der Waals surface area (Å²) in [4.78, 5) is 28.5. The number of hydrogen-bond donors (Lipinski definition) is 1. The first kappa shape index (κ1) is 20.8. The summed E-state index contributed by atoms with van der Waals surface area (Å²) in [5, 5.41) is 2.79. The lowest BCUT2D eigenvalue weighted by Gasteiger charge is -2.19. The number of pyridine rings is 1. The van der Waals surface area contributed by atoms with E-state index < -0.39 is 0 Å². The molecule has 1 fully saturated rings. The number of Topliss-reactive ketones (excluding diaryl/α,β-unsaturated/α-hetero) is 1. The van der Waals surface area contributed by atoms with Crippen molar-refractivity contribution in [2.24, 2.45) is 5.92 Å². The summed E-state index contributed by atoms with van der Waals surface area (Å²) in [7, 11) is 0. The maximum atomic E-state index is 13.8. The molecule has 0 saturated heterocycles. The molecule has 7 heteroatoms. The number of nitrogens with one attached hydrogen (secondary N) is 1. The Morgan fingerprint density at radius 2 is 2.09 bits per heavy atom. The third-order valence-electron chi connectivity index (χ3n) is 6.90. The monoisotopic (exact) mass is 458 g/mol. The molecule has 0 radical (unpaired) electrons. The van der Waals surface area contributed by atoms with Crippen molar-refractivity contribution in [2.75, 3.05) is 5.32 Å². The van der Waals surface area contributed by atoms with Crippen LogP contribution in [0.5, 0.6) is 17.2 Å². The predicted molar refractivity (Wildman–Crippen MR) is 123 cm³/mol. The first-order valence-electron chi connectivity index (χ1n) is 11.5. The van der Waals surface area contributed by atoms with Crippen LogP contribution in [0.2, 0.25) is 0 Å². The number of ether oxygens (including phenoxy) is 2. The highest BCUT2D eigenvalue weighted by Crippen LogP contribution is 2.60. The fourth-order valence-corrected chi connectivity index (χ4v) is 5.05. The number of rotatable bonds is 6. The third kappa shape index (κ3) is 3.71. The number of aromatic nitrogens is 1. The molecule has 2 aromatic carbocycles. The lowest BCUT2D eigenvalue weighted by atomic mass is 10.0. The van der Waals surface area contributed by atoms with Crippen molar-refractivity contribution in [3.05, 3.63) is 76.7 Å². The van der Waals surface area contributed by atoms with Gasteiger partial charge in [-0.3, -0.25) is 9.59 Å². The minimum Gasteiger partial charge on any atom is -0.489 e. The Morgan fingerprint density at radius 1 is 1.21 bits per heavy atom. The highest BCUT2D eigenvalue weighted by Gasteiger charge is 2.59. The van der Waals surface area contributed by atoms with Crippen molar-refractivity contribution in [3.8, 4) is 17.2 Å². The fourth-order valence-electron chi connectivity index (χ4n) is 5.05. The van der Waals surface area contributed by atoms with Crippen molar-refractivity contribution >= 4 is 17.5 Å². The number of benzene rings is 2. The molecule has 3 atom stereocenters. The van der Waals surface area contributed by atoms with E-state index in [0.29, 0.717) is 47.7 Å². The smallest absolute Gasteiger partial charge is 0.225 e. The molecule has 1 aliphatic carbocycles. The number of anilines is 1. The van der Waals surface area contributed by atoms with Crippen LogP contribution in [0.15, 0.2) is 48.7 Å². The van der Waals surface area contributed by atoms with Gasteiger partial charge in [0.25, 0.3) is 0 Å². The van der Waals surface area contributed by atoms with Gasteiger partial charge < -0.3 is 14.8 Å². The molecule has 0 spiro atoms. The molecule has 0 unspecified atom stereocenters. The molecule has 2 aliphatic heterocycles. The summed E-state index contributed by atoms with van der Waals surface area (Å²) in [5.41, 5.74) is 3.22. The van der Waals surface area contributed by atoms with Gasteiger partial charge in [0, 0.05) is 48.4 Å². The van der Waals surface area contributed by atoms with E-state index in [-0.39, 0.29) is 41.9 Å². The highest BCUT2D eigenvalue weighted by molar-refractivity contribution is 5.93. The van der Waals surface area contributed by atoms with E-state index in [2.05, 4.69) is 10.3 Å². The molecule has 0 bridgehead atoms. The van der Waals surface area contributed by atoms with E-state index in [4.69, 9.17) is 9.47 Å². The zero-order valence-corrected chi connectivity index (χ0v) is 18.6. The molecule has 3 aromatic rings. The van der Waals surface area contributed by atoms with Crippen molar-refractivity contribution in [2.45, 2.75) is 44.6 Å². The Hall–Kier alpha value is -3.74. The van der Waals surface area contributed by atoms with E-state index in [0.717, 1.165) is 16.9 Å². The number of ketones is 1. The normalized spacial score (nSPS) is 21.6. The number of aryl methyl sites for hydroxylation is 1. The van der Waals surface area contributed by atoms with Crippen molar-refractivity contribution in [1.29, 1.82) is 0 Å². The fraction of sp³-hybridized carbons (Fsp3) is 0.296. The highest BCUT2D eigenvalue weighted by atomic mass is 19.1. The second kappa shape index (κ2) is 7.94. The first-order chi connectivity index (χ1) is 16.5. The van der Waals surface area contributed by atoms with Crippen molar-refractivity contribution in [1.82, 2.24) is 4.98 Å². The Kier molecular flexibility index (Phi) is 4.86. The minimum absolute atomic E-state index is 0.00727. The molecule has 172 valence electrons. The van der Waals surface area contributed by atoms with E-state index in [1.54, 1.807) is 25.3 Å². The molecular formula is C27H23FN2O4. The van der Waals surface area contributed by atoms with Gasteiger partial charge >= 0.3 is 0 Å². The van der Waals surface area contributed by atoms with Crippen LogP contribution in [0.3, 0.4) is 0 Å². The van der Waals surface area contributed by atoms with Crippen LogP contribution in [0.25, 0.3) is 0 Å². The predicted octanol–water partition coefficient (Wildman–Crippen LogP) is 4.88. The second-order valence-electron chi connectivity index (χ2n) is 9.26. The quantitative estimate of drug-likeness (QED) is 0.570. The zero-order valence-electron chi connectivity index (χ0n) is 18.6. The van der Waals surface area contributed by atoms with Gasteiger partial charge in [0.15, 0.2) is 0 Å². The number of carbonyl (C=O) groups is 2. The van der Waals surface area contributed by atoms with Gasteiger partial charge in [-0.15, -0.1) is 0 Å². The van der Waals surface area contributed by atoms with Crippen LogP contribution in [0.4, 0.5) is 10.2 Å². The number of carbonyl (C=O) groups excluding carboxylic acids is 2. The molecule has 3 aliphatic rings. The summed E-state index contributed by atoms with van der Waals surface area (Å²) in [6.07, 6.45) is 3.25. The summed E-state index contributed by atoms with van der Waals surface area (Å²) >= 11 is 0. The number of nitrogens with zero attached hydrogens (tertiary/aromatic N) is 1. The lowest BCUT2D eigenvalue weighted by Crippen LogP contribution is -2.20. The molecule has 6 nitrogen and oxygen atoms in total. The maximum absolute atomic E-state index is 13.8. The maximum Gasteiger partial charge on any atom is 0.225 e. The number of amides is 1. The largest absolute Gasteiger partial charge is 0.489 e. The lowest BCUT2D eigenvalue weighted by molar-refractivity contribution is -0.119. The first-order valence-corrected chi connectivity index (χ1v) is 11.5. The Morgan fingerprint density at radius 3 is 2.94 bits per heavy atom. The van der Waals surface area contributed by atoms with Gasteiger partial charge in [0.05, 0.1) is 0 Å². The van der Waals surface area contributed by atoms with Crippen LogP contribution in [0.1, 0.15) is 41.0 Å². The number of fused-ring (bicyclic) bond motifs is 4. The number of hydrogen-bond acceptors (Lipinski definition) is 5. The molecule has 1 saturated carbocycles. The summed E-state index contributed by atoms with van der Waals surface area (Å²) in [6, 6.07) is 12.5. The molecule has 6 rings (SSSR count). The SMILES string of the molecule is Cc1ccc(CC(=O)C[C@@H]2[C@H]3Oc4ccc(Oc5ccnc6c5CCC(=O)N6)cc4[C@@H]23)cc1F. The molecule has 1 N–H and O–H groups in total. The third-order valence-corrected chi connectivity index (χ3v) is 6.90. The van der Waals surface area contributed by atoms with Gasteiger partial charge in [0.2, 0.25) is 5.91 Å². The van der Waals surface area contributed by atoms with Gasteiger partial charge in [0.1, 0.15) is 40.8 Å². The summed E-state index contributed by atoms with van der Waals surface area (Å²) in [5.74, 6) is 2.80. The zero-order chi connectivity index (χ0) is 23.4. The second-order valence-corrected chi connectivity index (χ2v) is 9.26. The average Bonchev–Trinajstić information content (AvgIpc) is 3.32. The van der Waals surface area contributed by atoms with Crippen molar-refractivity contribution < 1.29 is 23.5 Å². The molecule has 1 aromatic heterocycles. The Balaban J connectivity index is 1.14. The Labute approximate surface area is 196 Å². The van der Waals surface area contributed by atoms with Gasteiger partial charge in [-0.05, 0) is 54.8 Å². The van der Waals surface area contributed by atoms with Crippen LogP contribution < -0.4 is 14.8 Å². The molecule has 1 amide bonds. The average molecular weight is 458 g/mol. The molecule has 3 heterocycles. The topological polar surface area (TPSA) is 77.5 Å². The van der Waals surface area contributed by atoms with Crippen LogP contribution >= 0.6 is 0 Å². The van der Waals surface area contributed by atoms with Gasteiger partial charge in [-0.1, -0.05) is 12.1 Å². The summed E-state index contributed by atoms with van der Waals surface area (Å²) in [6.45, 7) is 1.71. The van der Waals surface area contributed by atoms with Gasteiger partial charge in [-0.2, -0.15) is 0 Å². The molecular weight excluding hydrogens is 435 g/mol. The van der Waals surface area contributed by atoms with Crippen LogP contribution in [0, 0.1) is 18.7 Å². The minimum atomic E-state index is -0.281. The van der Waals surface area contributed by atoms with E-state index in [9.17, 15) is 14.0 Å². The van der Waals surface area contributed by atoms with Gasteiger partial charge in [-0.25, -0.2) is 9.37 Å². The Bertz CT molecular complexity index is 1340. The number of halogens is 1. The van der Waals surface area contributed by atoms with E-state index in [1.807, 2.05) is 24.3 Å². The molecule has 34 heavy (non-hydrogen) atoms. The summed E-state index contributed by atoms with van der Waals surface area (Å²) < 4.78 is 26.0. The van der Waals surface area contributed by atoms with Crippen LogP contribution in [-0.4, -0.2) is 22.8 Å². The standard InChI is InChI=1S/C27H23FN2O4/c1-14-2-3-15(11-21(14)28)10-16(31)12-20-25-19-13-17(4-6-22(19)34-26(20)25)33-23-8-9-29-27-18(23)5-7-24(32)30-27/h2-4,6,8-9,11,13,20,25-26H,5,7,10,12H2,1H3,(H,29,30,32)/t20-,25-,26+/m0/s1. The van der Waals surface area contributed by atoms with Crippen molar-refractivity contribution in [3.63, 3.8) is 0 Å². The van der Waals surface area contributed by atoms with E-state index >= 15 is 0 Å².